The molecule has 0 spiro atoms. The first-order valence-corrected chi connectivity index (χ1v) is 7.81. The Bertz CT molecular complexity index is 922. The van der Waals surface area contributed by atoms with E-state index in [9.17, 15) is 9.90 Å². The Balaban J connectivity index is 1.68. The van der Waals surface area contributed by atoms with Crippen molar-refractivity contribution in [2.75, 3.05) is 7.05 Å². The summed E-state index contributed by atoms with van der Waals surface area (Å²) in [5.74, 6) is 1.02. The van der Waals surface area contributed by atoms with Crippen LogP contribution in [-0.4, -0.2) is 23.0 Å². The van der Waals surface area contributed by atoms with Crippen LogP contribution in [0.15, 0.2) is 77.1 Å². The highest BCUT2D eigenvalue weighted by molar-refractivity contribution is 5.92. The molecule has 0 atom stereocenters. The van der Waals surface area contributed by atoms with Gasteiger partial charge in [0, 0.05) is 19.3 Å². The molecule has 2 N–H and O–H groups in total. The van der Waals surface area contributed by atoms with Gasteiger partial charge in [0.15, 0.2) is 0 Å². The third-order valence-electron chi connectivity index (χ3n) is 3.39. The van der Waals surface area contributed by atoms with Gasteiger partial charge in [0.2, 0.25) is 0 Å². The fourth-order valence-corrected chi connectivity index (χ4v) is 2.08. The first-order chi connectivity index (χ1) is 12.6. The van der Waals surface area contributed by atoms with Gasteiger partial charge in [0.25, 0.3) is 5.91 Å². The smallest absolute Gasteiger partial charge is 0.269 e. The van der Waals surface area contributed by atoms with E-state index in [1.165, 1.54) is 6.20 Å². The number of nitrogens with one attached hydrogen (secondary N) is 1. The number of carbonyl (C=O) groups is 1. The van der Waals surface area contributed by atoms with Crippen LogP contribution >= 0.6 is 0 Å². The minimum Gasteiger partial charge on any atom is -0.508 e. The van der Waals surface area contributed by atoms with Gasteiger partial charge in [-0.25, -0.2) is 0 Å². The Morgan fingerprint density at radius 2 is 1.58 bits per heavy atom. The van der Waals surface area contributed by atoms with Crippen LogP contribution in [0.25, 0.3) is 0 Å². The van der Waals surface area contributed by atoms with Gasteiger partial charge in [-0.05, 0) is 54.6 Å². The number of ether oxygens (including phenoxy) is 1. The Kier molecular flexibility index (Phi) is 5.19. The average molecular weight is 348 g/mol. The zero-order valence-electron chi connectivity index (χ0n) is 14.0. The summed E-state index contributed by atoms with van der Waals surface area (Å²) >= 11 is 0. The minimum atomic E-state index is -0.277. The van der Waals surface area contributed by atoms with E-state index >= 15 is 0 Å². The van der Waals surface area contributed by atoms with Gasteiger partial charge in [-0.3, -0.25) is 9.78 Å². The topological polar surface area (TPSA) is 96.2 Å². The Morgan fingerprint density at radius 3 is 2.19 bits per heavy atom. The van der Waals surface area contributed by atoms with Crippen LogP contribution in [-0.2, 0) is 0 Å². The van der Waals surface area contributed by atoms with Gasteiger partial charge in [-0.1, -0.05) is 0 Å². The second kappa shape index (κ2) is 7.89. The zero-order chi connectivity index (χ0) is 18.4. The molecule has 3 aromatic rings. The molecule has 1 aromatic heterocycles. The van der Waals surface area contributed by atoms with E-state index in [0.29, 0.717) is 22.9 Å². The number of hydrogen-bond acceptors (Lipinski definition) is 6. The third-order valence-corrected chi connectivity index (χ3v) is 3.39. The number of rotatable bonds is 5. The summed E-state index contributed by atoms with van der Waals surface area (Å²) in [5.41, 5.74) is 1.58. The largest absolute Gasteiger partial charge is 0.508 e. The summed E-state index contributed by atoms with van der Waals surface area (Å²) in [6, 6.07) is 16.7. The molecule has 0 bridgehead atoms. The third kappa shape index (κ3) is 4.41. The number of hydrogen-bond donors (Lipinski definition) is 2. The fourth-order valence-electron chi connectivity index (χ4n) is 2.08. The molecule has 0 aliphatic carbocycles. The predicted molar refractivity (Wildman–Crippen MR) is 96.4 cm³/mol. The highest BCUT2D eigenvalue weighted by atomic mass is 16.5. The quantitative estimate of drug-likeness (QED) is 0.670. The van der Waals surface area contributed by atoms with Crippen LogP contribution in [0.2, 0.25) is 0 Å². The molecule has 0 saturated heterocycles. The van der Waals surface area contributed by atoms with Crippen molar-refractivity contribution in [3.05, 3.63) is 72.6 Å². The summed E-state index contributed by atoms with van der Waals surface area (Å²) < 4.78 is 5.72. The van der Waals surface area contributed by atoms with Crippen LogP contribution < -0.4 is 10.1 Å². The molecular formula is C19H16N4O3. The first kappa shape index (κ1) is 17.1. The van der Waals surface area contributed by atoms with Crippen molar-refractivity contribution in [3.63, 3.8) is 0 Å². The number of pyridine rings is 1. The number of benzene rings is 2. The van der Waals surface area contributed by atoms with Crippen LogP contribution in [0.3, 0.4) is 0 Å². The van der Waals surface area contributed by atoms with E-state index in [-0.39, 0.29) is 17.4 Å². The molecule has 130 valence electrons. The molecule has 7 nitrogen and oxygen atoms in total. The number of phenols is 1. The highest BCUT2D eigenvalue weighted by Crippen LogP contribution is 2.25. The number of azo groups is 1. The molecule has 0 aliphatic heterocycles. The Morgan fingerprint density at radius 1 is 0.962 bits per heavy atom. The number of phenolic OH excluding ortho intramolecular Hbond substituents is 1. The van der Waals surface area contributed by atoms with Crippen molar-refractivity contribution in [2.24, 2.45) is 10.2 Å². The molecule has 1 heterocycles. The van der Waals surface area contributed by atoms with Crippen LogP contribution in [0.5, 0.6) is 17.2 Å². The van der Waals surface area contributed by atoms with Crippen molar-refractivity contribution in [1.29, 1.82) is 0 Å². The minimum absolute atomic E-state index is 0.182. The maximum Gasteiger partial charge on any atom is 0.269 e. The van der Waals surface area contributed by atoms with Gasteiger partial charge in [-0.15, -0.1) is 0 Å². The van der Waals surface area contributed by atoms with Crippen molar-refractivity contribution < 1.29 is 14.6 Å². The van der Waals surface area contributed by atoms with Crippen LogP contribution in [0.4, 0.5) is 11.4 Å². The van der Waals surface area contributed by atoms with E-state index < -0.39 is 0 Å². The summed E-state index contributed by atoms with van der Waals surface area (Å²) in [6.45, 7) is 0. The summed E-state index contributed by atoms with van der Waals surface area (Å²) in [6.07, 6.45) is 1.51. The Labute approximate surface area is 150 Å². The first-order valence-electron chi connectivity index (χ1n) is 7.81. The molecule has 7 heteroatoms. The molecule has 0 radical (unpaired) electrons. The summed E-state index contributed by atoms with van der Waals surface area (Å²) in [4.78, 5) is 15.6. The maximum absolute atomic E-state index is 11.6. The van der Waals surface area contributed by atoms with Crippen LogP contribution in [0.1, 0.15) is 10.5 Å². The molecule has 0 saturated carbocycles. The van der Waals surface area contributed by atoms with Crippen molar-refractivity contribution in [2.45, 2.75) is 0 Å². The van der Waals surface area contributed by atoms with E-state index in [1.807, 2.05) is 0 Å². The van der Waals surface area contributed by atoms with E-state index in [0.717, 1.165) is 0 Å². The maximum atomic E-state index is 11.6. The number of carbonyl (C=O) groups excluding carboxylic acids is 1. The molecule has 2 aromatic carbocycles. The lowest BCUT2D eigenvalue weighted by Crippen LogP contribution is -2.18. The number of aromatic hydroxyl groups is 1. The molecule has 26 heavy (non-hydrogen) atoms. The molecule has 0 aliphatic rings. The lowest BCUT2D eigenvalue weighted by atomic mass is 10.3. The van der Waals surface area contributed by atoms with Crippen LogP contribution in [0, 0.1) is 0 Å². The molecular weight excluding hydrogens is 332 g/mol. The predicted octanol–water partition coefficient (Wildman–Crippen LogP) is 4.35. The average Bonchev–Trinajstić information content (AvgIpc) is 2.68. The van der Waals surface area contributed by atoms with Crippen molar-refractivity contribution >= 4 is 17.3 Å². The van der Waals surface area contributed by atoms with Crippen molar-refractivity contribution in [3.8, 4) is 17.2 Å². The zero-order valence-corrected chi connectivity index (χ0v) is 14.0. The molecule has 1 amide bonds. The monoisotopic (exact) mass is 348 g/mol. The molecule has 0 unspecified atom stereocenters. The van der Waals surface area contributed by atoms with Gasteiger partial charge >= 0.3 is 0 Å². The molecule has 0 fully saturated rings. The summed E-state index contributed by atoms with van der Waals surface area (Å²) in [5, 5.41) is 20.0. The highest BCUT2D eigenvalue weighted by Gasteiger charge is 2.06. The standard InChI is InChI=1S/C19H16N4O3/c1-20-19(25)18-12-17(10-11-21-18)26-16-8-4-14(5-9-16)23-22-13-2-6-15(24)7-3-13/h2-12,24H,1H3,(H,20,25). The Hall–Kier alpha value is -3.74. The SMILES string of the molecule is CNC(=O)c1cc(Oc2ccc(N=Nc3ccc(O)cc3)cc2)ccn1. The number of aromatic nitrogens is 1. The molecule has 3 rings (SSSR count). The number of nitrogens with zero attached hydrogens (tertiary/aromatic N) is 3. The van der Waals surface area contributed by atoms with E-state index in [4.69, 9.17) is 4.74 Å². The lowest BCUT2D eigenvalue weighted by molar-refractivity contribution is 0.0958. The van der Waals surface area contributed by atoms with E-state index in [2.05, 4.69) is 20.5 Å². The number of amides is 1. The van der Waals surface area contributed by atoms with Gasteiger partial charge in [0.1, 0.15) is 22.9 Å². The fraction of sp³-hybridized carbons (Fsp3) is 0.0526. The lowest BCUT2D eigenvalue weighted by Gasteiger charge is -2.06. The normalized spacial score (nSPS) is 10.7. The second-order valence-electron chi connectivity index (χ2n) is 5.27. The van der Waals surface area contributed by atoms with Gasteiger partial charge in [0.05, 0.1) is 11.4 Å². The van der Waals surface area contributed by atoms with Gasteiger partial charge < -0.3 is 15.2 Å². The van der Waals surface area contributed by atoms with Gasteiger partial charge in [-0.2, -0.15) is 10.2 Å². The summed E-state index contributed by atoms with van der Waals surface area (Å²) in [7, 11) is 1.54. The second-order valence-corrected chi connectivity index (χ2v) is 5.27. The van der Waals surface area contributed by atoms with Crippen molar-refractivity contribution in [1.82, 2.24) is 10.3 Å². The van der Waals surface area contributed by atoms with E-state index in [1.54, 1.807) is 67.7 Å².